The number of rotatable bonds is 0. The van der Waals surface area contributed by atoms with Crippen LogP contribution >= 0.6 is 9.19 Å². The van der Waals surface area contributed by atoms with Crippen LogP contribution in [0.4, 0.5) is 0 Å². The van der Waals surface area contributed by atoms with E-state index >= 15 is 0 Å². The number of hydrogen-bond acceptors (Lipinski definition) is 2. The second-order valence-corrected chi connectivity index (χ2v) is 5.91. The number of fused-ring (bicyclic) bond motifs is 8. The molecule has 8 bridgehead atoms. The number of aromatic amines is 2. The van der Waals surface area contributed by atoms with Crippen LogP contribution in [0.3, 0.4) is 0 Å². The van der Waals surface area contributed by atoms with Crippen LogP contribution in [0.15, 0.2) is 48.5 Å². The molecule has 0 saturated heterocycles. The molecule has 4 nitrogen and oxygen atoms in total. The van der Waals surface area contributed by atoms with E-state index in [2.05, 4.69) is 53.4 Å². The molecule has 0 aromatic carbocycles. The molecule has 132 valence electrons. The van der Waals surface area contributed by atoms with Crippen molar-refractivity contribution in [3.63, 3.8) is 0 Å². The van der Waals surface area contributed by atoms with Gasteiger partial charge in [-0.2, -0.15) is 0 Å². The van der Waals surface area contributed by atoms with Crippen LogP contribution in [0.1, 0.15) is 22.8 Å². The van der Waals surface area contributed by atoms with Gasteiger partial charge >= 0.3 is 29.2 Å². The van der Waals surface area contributed by atoms with Gasteiger partial charge in [0.25, 0.3) is 0 Å². The van der Waals surface area contributed by atoms with Crippen LogP contribution in [0, 0.1) is 0 Å². The molecule has 0 fully saturated rings. The first-order valence-corrected chi connectivity index (χ1v) is 10.6. The molecular weight excluding hydrogens is 529 g/mol. The Hall–Kier alpha value is -2.37. The minimum atomic E-state index is 0.939. The van der Waals surface area contributed by atoms with Crippen molar-refractivity contribution in [2.24, 2.45) is 0 Å². The summed E-state index contributed by atoms with van der Waals surface area (Å²) in [6.07, 6.45) is 8.09. The van der Waals surface area contributed by atoms with Gasteiger partial charge in [-0.3, -0.25) is 0 Å². The van der Waals surface area contributed by atoms with Gasteiger partial charge in [0.1, 0.15) is 0 Å². The third-order valence-electron chi connectivity index (χ3n) is 4.04. The van der Waals surface area contributed by atoms with Gasteiger partial charge in [-0.1, -0.05) is 0 Å². The Balaban J connectivity index is 0.000000814. The molecule has 2 aliphatic heterocycles. The Morgan fingerprint density at radius 1 is 0.538 bits per heavy atom. The van der Waals surface area contributed by atoms with Crippen molar-refractivity contribution in [2.45, 2.75) is 0 Å². The molecule has 0 spiro atoms. The fraction of sp³-hybridized carbons (Fsp3) is 0. The van der Waals surface area contributed by atoms with Crippen molar-refractivity contribution >= 4 is 55.6 Å². The summed E-state index contributed by atoms with van der Waals surface area (Å²) in [7, 11) is 4.58. The SMILES string of the molecule is C1=Cc2cc3ccc(cc4nc(cc5ccc(cc1n2)[nH]5)C=C4)[nH]3.[Cl][Au]. The topological polar surface area (TPSA) is 57.4 Å². The van der Waals surface area contributed by atoms with E-state index in [1.165, 1.54) is 0 Å². The predicted octanol–water partition coefficient (Wildman–Crippen LogP) is 5.34. The molecule has 6 heteroatoms. The van der Waals surface area contributed by atoms with Crippen molar-refractivity contribution in [3.8, 4) is 0 Å². The van der Waals surface area contributed by atoms with Gasteiger partial charge in [0.05, 0.1) is 22.8 Å². The van der Waals surface area contributed by atoms with Gasteiger partial charge < -0.3 is 9.97 Å². The molecule has 26 heavy (non-hydrogen) atoms. The van der Waals surface area contributed by atoms with E-state index in [1.54, 1.807) is 20.0 Å². The minimum absolute atomic E-state index is 0.939. The number of nitrogens with one attached hydrogen (secondary N) is 2. The van der Waals surface area contributed by atoms with Gasteiger partial charge in [-0.15, -0.1) is 0 Å². The molecule has 2 aliphatic rings. The van der Waals surface area contributed by atoms with Crippen molar-refractivity contribution in [2.75, 3.05) is 0 Å². The summed E-state index contributed by atoms with van der Waals surface area (Å²) in [5, 5.41) is 0. The summed E-state index contributed by atoms with van der Waals surface area (Å²) in [5.74, 6) is 0. The number of halogens is 1. The van der Waals surface area contributed by atoms with E-state index in [-0.39, 0.29) is 0 Å². The zero-order valence-corrected chi connectivity index (χ0v) is 16.4. The number of aromatic nitrogens is 4. The molecule has 3 aromatic heterocycles. The predicted molar refractivity (Wildman–Crippen MR) is 105 cm³/mol. The van der Waals surface area contributed by atoms with E-state index in [4.69, 9.17) is 0 Å². The molecule has 0 aliphatic carbocycles. The van der Waals surface area contributed by atoms with Crippen molar-refractivity contribution in [1.82, 2.24) is 19.9 Å². The van der Waals surface area contributed by atoms with Crippen LogP contribution in [-0.2, 0) is 20.0 Å². The summed E-state index contributed by atoms with van der Waals surface area (Å²) in [6.45, 7) is 0. The Morgan fingerprint density at radius 2 is 0.808 bits per heavy atom. The van der Waals surface area contributed by atoms with E-state index in [1.807, 2.05) is 48.6 Å². The number of H-pyrrole nitrogens is 2. The molecule has 0 amide bonds. The second kappa shape index (κ2) is 7.48. The first-order valence-electron chi connectivity index (χ1n) is 7.96. The Morgan fingerprint density at radius 3 is 1.08 bits per heavy atom. The molecule has 0 radical (unpaired) electrons. The Bertz CT molecular complexity index is 996. The molecule has 0 unspecified atom stereocenters. The van der Waals surface area contributed by atoms with Crippen molar-refractivity contribution in [1.29, 1.82) is 0 Å². The van der Waals surface area contributed by atoms with Crippen LogP contribution in [0.25, 0.3) is 46.4 Å². The van der Waals surface area contributed by atoms with Crippen molar-refractivity contribution in [3.05, 3.63) is 71.3 Å². The van der Waals surface area contributed by atoms with Gasteiger partial charge in [0, 0.05) is 22.1 Å². The molecule has 5 heterocycles. The molecule has 5 rings (SSSR count). The van der Waals surface area contributed by atoms with E-state index in [0.29, 0.717) is 0 Å². The molecule has 2 N–H and O–H groups in total. The van der Waals surface area contributed by atoms with Crippen LogP contribution in [0.5, 0.6) is 0 Å². The fourth-order valence-corrected chi connectivity index (χ4v) is 2.94. The molecule has 3 aromatic rings. The standard InChI is InChI=1S/C20H14N4.Au.ClH/c1-2-14-10-16-5-6-18(23-16)12-20-8-7-19(24-20)11-17-4-3-15(22-17)9-13(1)21-14;;/h1-12,21,24H;;1H/q;+1;/p-1. The first kappa shape index (κ1) is 17.1. The average Bonchev–Trinajstić information content (AvgIpc) is 3.42. The Kier molecular flexibility index (Phi) is 4.91. The summed E-state index contributed by atoms with van der Waals surface area (Å²) in [4.78, 5) is 16.0. The van der Waals surface area contributed by atoms with E-state index in [9.17, 15) is 0 Å². The van der Waals surface area contributed by atoms with Crippen LogP contribution in [0.2, 0.25) is 0 Å². The summed E-state index contributed by atoms with van der Waals surface area (Å²) in [6, 6.07) is 16.4. The monoisotopic (exact) mass is 542 g/mol. The number of nitrogens with zero attached hydrogens (tertiary/aromatic N) is 2. The molecule has 0 atom stereocenters. The summed E-state index contributed by atoms with van der Waals surface area (Å²) < 4.78 is 0. The van der Waals surface area contributed by atoms with Gasteiger partial charge in [-0.25, -0.2) is 9.97 Å². The average molecular weight is 543 g/mol. The zero-order valence-electron chi connectivity index (χ0n) is 13.5. The summed E-state index contributed by atoms with van der Waals surface area (Å²) in [5.41, 5.74) is 7.86. The van der Waals surface area contributed by atoms with Gasteiger partial charge in [0.15, 0.2) is 0 Å². The van der Waals surface area contributed by atoms with Crippen LogP contribution in [-0.4, -0.2) is 19.9 Å². The summed E-state index contributed by atoms with van der Waals surface area (Å²) >= 11 is 1.75. The van der Waals surface area contributed by atoms with E-state index in [0.717, 1.165) is 44.8 Å². The third kappa shape index (κ3) is 3.74. The van der Waals surface area contributed by atoms with Gasteiger partial charge in [0.2, 0.25) is 0 Å². The number of hydrogen-bond donors (Lipinski definition) is 2. The van der Waals surface area contributed by atoms with Crippen LogP contribution < -0.4 is 0 Å². The van der Waals surface area contributed by atoms with E-state index < -0.39 is 0 Å². The van der Waals surface area contributed by atoms with Crippen molar-refractivity contribution < 1.29 is 20.0 Å². The maximum atomic E-state index is 4.63. The normalized spacial score (nSPS) is 12.0. The Labute approximate surface area is 166 Å². The maximum absolute atomic E-state index is 4.63. The first-order chi connectivity index (χ1) is 12.8. The zero-order chi connectivity index (χ0) is 17.9. The fourth-order valence-electron chi connectivity index (χ4n) is 2.94. The molecular formula is C20H14AuClN4. The van der Waals surface area contributed by atoms with Gasteiger partial charge in [-0.05, 0) is 72.8 Å². The third-order valence-corrected chi connectivity index (χ3v) is 4.04. The molecule has 0 saturated carbocycles. The quantitative estimate of drug-likeness (QED) is 0.260. The second-order valence-electron chi connectivity index (χ2n) is 5.91.